The van der Waals surface area contributed by atoms with Gasteiger partial charge in [-0.3, -0.25) is 9.52 Å². The molecule has 1 aromatic heterocycles. The third-order valence-electron chi connectivity index (χ3n) is 3.74. The van der Waals surface area contributed by atoms with Gasteiger partial charge in [-0.2, -0.15) is 0 Å². The van der Waals surface area contributed by atoms with Gasteiger partial charge < -0.3 is 10.1 Å². The van der Waals surface area contributed by atoms with Gasteiger partial charge in [0, 0.05) is 21.5 Å². The maximum absolute atomic E-state index is 12.2. The van der Waals surface area contributed by atoms with Gasteiger partial charge in [-0.15, -0.1) is 23.1 Å². The van der Waals surface area contributed by atoms with Crippen molar-refractivity contribution in [3.63, 3.8) is 0 Å². The molecule has 2 aromatic carbocycles. The van der Waals surface area contributed by atoms with Gasteiger partial charge in [0.05, 0.1) is 24.3 Å². The average Bonchev–Trinajstić information content (AvgIpc) is 3.15. The van der Waals surface area contributed by atoms with Gasteiger partial charge in [0.1, 0.15) is 5.75 Å². The molecule has 0 aliphatic rings. The highest BCUT2D eigenvalue weighted by atomic mass is 32.2. The Kier molecular flexibility index (Phi) is 7.35. The highest BCUT2D eigenvalue weighted by Gasteiger charge is 2.10. The maximum Gasteiger partial charge on any atom is 0.236 e. The standard InChI is InChI=1S/C20H21N3O4S3/c1-3-27-16-8-10-17(11-9-16)28-13-19(24)22-20-21-18(12-29-20)14-4-6-15(7-5-14)23-30(2,25)26/h4-12,23H,3,13H2,1-2H3,(H,21,22,24). The minimum absolute atomic E-state index is 0.137. The summed E-state index contributed by atoms with van der Waals surface area (Å²) in [4.78, 5) is 17.6. The predicted molar refractivity (Wildman–Crippen MR) is 123 cm³/mol. The molecule has 0 saturated carbocycles. The first-order valence-electron chi connectivity index (χ1n) is 9.01. The van der Waals surface area contributed by atoms with Crippen LogP contribution in [-0.2, 0) is 14.8 Å². The highest BCUT2D eigenvalue weighted by Crippen LogP contribution is 2.27. The molecule has 0 atom stereocenters. The number of benzene rings is 2. The second-order valence-electron chi connectivity index (χ2n) is 6.23. The molecule has 3 rings (SSSR count). The van der Waals surface area contributed by atoms with E-state index in [1.807, 2.05) is 36.6 Å². The largest absolute Gasteiger partial charge is 0.494 e. The molecule has 158 valence electrons. The summed E-state index contributed by atoms with van der Waals surface area (Å²) in [5.74, 6) is 0.943. The number of aromatic nitrogens is 1. The van der Waals surface area contributed by atoms with Crippen LogP contribution in [0.1, 0.15) is 6.92 Å². The van der Waals surface area contributed by atoms with E-state index in [1.54, 1.807) is 24.3 Å². The Labute approximate surface area is 183 Å². The quantitative estimate of drug-likeness (QED) is 0.459. The first kappa shape index (κ1) is 22.1. The van der Waals surface area contributed by atoms with Crippen molar-refractivity contribution >= 4 is 49.8 Å². The number of nitrogens with zero attached hydrogens (tertiary/aromatic N) is 1. The average molecular weight is 464 g/mol. The number of ether oxygens (including phenoxy) is 1. The van der Waals surface area contributed by atoms with Crippen LogP contribution in [0.2, 0.25) is 0 Å². The van der Waals surface area contributed by atoms with Crippen molar-refractivity contribution in [3.8, 4) is 17.0 Å². The molecule has 3 aromatic rings. The molecule has 0 saturated heterocycles. The number of thioether (sulfide) groups is 1. The van der Waals surface area contributed by atoms with Crippen LogP contribution in [0, 0.1) is 0 Å². The van der Waals surface area contributed by atoms with Crippen LogP contribution in [0.15, 0.2) is 58.8 Å². The molecule has 0 unspecified atom stereocenters. The summed E-state index contributed by atoms with van der Waals surface area (Å²) in [6, 6.07) is 14.5. The van der Waals surface area contributed by atoms with Crippen LogP contribution in [0.4, 0.5) is 10.8 Å². The number of amides is 1. The van der Waals surface area contributed by atoms with Crippen LogP contribution >= 0.6 is 23.1 Å². The van der Waals surface area contributed by atoms with Crippen LogP contribution in [0.5, 0.6) is 5.75 Å². The number of rotatable bonds is 9. The number of anilines is 2. The van der Waals surface area contributed by atoms with Gasteiger partial charge in [-0.1, -0.05) is 12.1 Å². The first-order valence-corrected chi connectivity index (χ1v) is 12.8. The van der Waals surface area contributed by atoms with Gasteiger partial charge in [0.25, 0.3) is 0 Å². The Bertz CT molecular complexity index is 1100. The van der Waals surface area contributed by atoms with Crippen molar-refractivity contribution in [1.29, 1.82) is 0 Å². The molecule has 1 heterocycles. The van der Waals surface area contributed by atoms with Gasteiger partial charge in [-0.05, 0) is 43.3 Å². The fourth-order valence-electron chi connectivity index (χ4n) is 2.49. The lowest BCUT2D eigenvalue weighted by molar-refractivity contribution is -0.113. The zero-order valence-corrected chi connectivity index (χ0v) is 18.9. The molecule has 2 N–H and O–H groups in total. The topological polar surface area (TPSA) is 97.4 Å². The molecule has 0 radical (unpaired) electrons. The lowest BCUT2D eigenvalue weighted by atomic mass is 10.1. The minimum Gasteiger partial charge on any atom is -0.494 e. The van der Waals surface area contributed by atoms with Crippen molar-refractivity contribution in [1.82, 2.24) is 4.98 Å². The lowest BCUT2D eigenvalue weighted by Gasteiger charge is -2.05. The summed E-state index contributed by atoms with van der Waals surface area (Å²) in [6.07, 6.45) is 1.10. The van der Waals surface area contributed by atoms with Crippen molar-refractivity contribution in [2.45, 2.75) is 11.8 Å². The molecular weight excluding hydrogens is 442 g/mol. The fourth-order valence-corrected chi connectivity index (χ4v) is 4.49. The minimum atomic E-state index is -3.31. The number of nitrogens with one attached hydrogen (secondary N) is 2. The summed E-state index contributed by atoms with van der Waals surface area (Å²) in [6.45, 7) is 2.55. The predicted octanol–water partition coefficient (Wildman–Crippen LogP) is 4.31. The third kappa shape index (κ3) is 6.75. The molecular formula is C20H21N3O4S3. The lowest BCUT2D eigenvalue weighted by Crippen LogP contribution is -2.13. The molecule has 0 fully saturated rings. The van der Waals surface area contributed by atoms with E-state index >= 15 is 0 Å². The van der Waals surface area contributed by atoms with E-state index in [0.29, 0.717) is 23.1 Å². The van der Waals surface area contributed by atoms with E-state index in [9.17, 15) is 13.2 Å². The Hall–Kier alpha value is -2.56. The van der Waals surface area contributed by atoms with Gasteiger partial charge in [0.2, 0.25) is 15.9 Å². The van der Waals surface area contributed by atoms with E-state index in [-0.39, 0.29) is 11.7 Å². The second kappa shape index (κ2) is 9.96. The monoisotopic (exact) mass is 463 g/mol. The third-order valence-corrected chi connectivity index (χ3v) is 6.12. The van der Waals surface area contributed by atoms with E-state index in [0.717, 1.165) is 22.5 Å². The highest BCUT2D eigenvalue weighted by molar-refractivity contribution is 8.00. The zero-order valence-electron chi connectivity index (χ0n) is 16.4. The molecule has 0 aliphatic heterocycles. The van der Waals surface area contributed by atoms with E-state index in [1.165, 1.54) is 23.1 Å². The van der Waals surface area contributed by atoms with Crippen molar-refractivity contribution in [2.24, 2.45) is 0 Å². The van der Waals surface area contributed by atoms with Gasteiger partial charge >= 0.3 is 0 Å². The van der Waals surface area contributed by atoms with Crippen LogP contribution in [0.3, 0.4) is 0 Å². The smallest absolute Gasteiger partial charge is 0.236 e. The number of carbonyl (C=O) groups excluding carboxylic acids is 1. The molecule has 0 bridgehead atoms. The van der Waals surface area contributed by atoms with E-state index in [4.69, 9.17) is 4.74 Å². The maximum atomic E-state index is 12.2. The number of thiazole rings is 1. The summed E-state index contributed by atoms with van der Waals surface area (Å²) in [5, 5.41) is 5.16. The number of carbonyl (C=O) groups is 1. The first-order chi connectivity index (χ1) is 14.3. The molecule has 0 spiro atoms. The van der Waals surface area contributed by atoms with Crippen molar-refractivity contribution < 1.29 is 17.9 Å². The molecule has 30 heavy (non-hydrogen) atoms. The normalized spacial score (nSPS) is 11.1. The Morgan fingerprint density at radius 2 is 1.83 bits per heavy atom. The fraction of sp³-hybridized carbons (Fsp3) is 0.200. The number of hydrogen-bond donors (Lipinski definition) is 2. The molecule has 0 aliphatic carbocycles. The summed E-state index contributed by atoms with van der Waals surface area (Å²) < 4.78 is 30.4. The zero-order chi connectivity index (χ0) is 21.6. The van der Waals surface area contributed by atoms with Crippen LogP contribution in [-0.4, -0.2) is 37.9 Å². The van der Waals surface area contributed by atoms with Crippen LogP contribution in [0.25, 0.3) is 11.3 Å². The molecule has 10 heteroatoms. The summed E-state index contributed by atoms with van der Waals surface area (Å²) in [5.41, 5.74) is 2.02. The SMILES string of the molecule is CCOc1ccc(SCC(=O)Nc2nc(-c3ccc(NS(C)(=O)=O)cc3)cs2)cc1. The number of hydrogen-bond acceptors (Lipinski definition) is 7. The Morgan fingerprint density at radius 1 is 1.13 bits per heavy atom. The van der Waals surface area contributed by atoms with Gasteiger partial charge in [0.15, 0.2) is 5.13 Å². The summed E-state index contributed by atoms with van der Waals surface area (Å²) in [7, 11) is -3.31. The van der Waals surface area contributed by atoms with Gasteiger partial charge in [-0.25, -0.2) is 13.4 Å². The van der Waals surface area contributed by atoms with Crippen molar-refractivity contribution in [3.05, 3.63) is 53.9 Å². The van der Waals surface area contributed by atoms with Crippen molar-refractivity contribution in [2.75, 3.05) is 28.7 Å². The molecule has 1 amide bonds. The number of sulfonamides is 1. The second-order valence-corrected chi connectivity index (χ2v) is 9.89. The Morgan fingerprint density at radius 3 is 2.47 bits per heavy atom. The summed E-state index contributed by atoms with van der Waals surface area (Å²) >= 11 is 2.77. The Balaban J connectivity index is 1.53. The molecule has 7 nitrogen and oxygen atoms in total. The van der Waals surface area contributed by atoms with E-state index in [2.05, 4.69) is 15.0 Å². The van der Waals surface area contributed by atoms with E-state index < -0.39 is 10.0 Å². The van der Waals surface area contributed by atoms with Crippen LogP contribution < -0.4 is 14.8 Å².